The maximum Gasteiger partial charge on any atom is 0.268 e. The van der Waals surface area contributed by atoms with Crippen LogP contribution >= 0.6 is 11.5 Å². The van der Waals surface area contributed by atoms with E-state index in [-0.39, 0.29) is 11.5 Å². The number of hydrogen-bond donors (Lipinski definition) is 1. The molecule has 1 amide bonds. The zero-order valence-corrected chi connectivity index (χ0v) is 12.7. The van der Waals surface area contributed by atoms with Gasteiger partial charge in [-0.1, -0.05) is 23.7 Å². The molecule has 21 heavy (non-hydrogen) atoms. The van der Waals surface area contributed by atoms with E-state index in [2.05, 4.69) is 10.2 Å². The molecule has 1 aromatic heterocycles. The predicted octanol–water partition coefficient (Wildman–Crippen LogP) is 1.62. The van der Waals surface area contributed by atoms with Gasteiger partial charge in [-0.25, -0.2) is 0 Å². The van der Waals surface area contributed by atoms with Gasteiger partial charge in [-0.15, -0.1) is 0 Å². The fourth-order valence-electron chi connectivity index (χ4n) is 2.60. The number of likely N-dealkylation sites (tertiary alicyclic amines) is 1. The highest BCUT2D eigenvalue weighted by atomic mass is 32.1. The number of benzene rings is 1. The number of amides is 1. The first-order valence-electron chi connectivity index (χ1n) is 7.32. The highest BCUT2D eigenvalue weighted by molar-refractivity contribution is 7.13. The van der Waals surface area contributed by atoms with Crippen molar-refractivity contribution in [2.24, 2.45) is 0 Å². The van der Waals surface area contributed by atoms with Gasteiger partial charge in [-0.05, 0) is 38.1 Å². The fourth-order valence-corrected chi connectivity index (χ4v) is 3.59. The van der Waals surface area contributed by atoms with Gasteiger partial charge >= 0.3 is 0 Å². The van der Waals surface area contributed by atoms with E-state index in [1.165, 1.54) is 24.4 Å². The number of rotatable bonds is 5. The fraction of sp³-hybridized carbons (Fsp3) is 0.467. The summed E-state index contributed by atoms with van der Waals surface area (Å²) in [5.41, 5.74) is 0.00272. The summed E-state index contributed by atoms with van der Waals surface area (Å²) in [7, 11) is 0. The van der Waals surface area contributed by atoms with Crippen molar-refractivity contribution in [3.05, 3.63) is 34.6 Å². The van der Waals surface area contributed by atoms with Crippen LogP contribution in [0, 0.1) is 0 Å². The van der Waals surface area contributed by atoms with Crippen LogP contribution in [-0.4, -0.2) is 34.5 Å². The van der Waals surface area contributed by atoms with Crippen LogP contribution in [-0.2, 0) is 11.3 Å². The van der Waals surface area contributed by atoms with Crippen LogP contribution < -0.4 is 10.9 Å². The number of aromatic nitrogens is 1. The number of nitrogens with one attached hydrogen (secondary N) is 1. The minimum absolute atomic E-state index is 0.00272. The summed E-state index contributed by atoms with van der Waals surface area (Å²) in [6, 6.07) is 7.55. The molecule has 3 rings (SSSR count). The highest BCUT2D eigenvalue weighted by Gasteiger charge is 2.13. The van der Waals surface area contributed by atoms with E-state index in [0.29, 0.717) is 19.6 Å². The molecule has 5 nitrogen and oxygen atoms in total. The maximum atomic E-state index is 12.1. The van der Waals surface area contributed by atoms with Crippen LogP contribution in [0.15, 0.2) is 29.1 Å². The summed E-state index contributed by atoms with van der Waals surface area (Å²) in [4.78, 5) is 26.2. The minimum atomic E-state index is 0.00272. The molecule has 0 aliphatic carbocycles. The summed E-state index contributed by atoms with van der Waals surface area (Å²) in [6.07, 6.45) is 2.78. The third-order valence-electron chi connectivity index (χ3n) is 3.79. The second-order valence-corrected chi connectivity index (χ2v) is 6.39. The third kappa shape index (κ3) is 3.33. The first-order valence-corrected chi connectivity index (χ1v) is 8.09. The van der Waals surface area contributed by atoms with Crippen LogP contribution in [0.25, 0.3) is 10.1 Å². The van der Waals surface area contributed by atoms with Crippen molar-refractivity contribution in [3.63, 3.8) is 0 Å². The highest BCUT2D eigenvalue weighted by Crippen LogP contribution is 2.15. The van der Waals surface area contributed by atoms with Gasteiger partial charge < -0.3 is 5.32 Å². The van der Waals surface area contributed by atoms with E-state index in [9.17, 15) is 9.59 Å². The second kappa shape index (κ2) is 6.41. The molecule has 2 aromatic rings. The Balaban J connectivity index is 1.54. The molecule has 1 aromatic carbocycles. The van der Waals surface area contributed by atoms with Gasteiger partial charge in [0.1, 0.15) is 0 Å². The van der Waals surface area contributed by atoms with E-state index in [1.807, 2.05) is 24.3 Å². The Hall–Kier alpha value is -1.66. The largest absolute Gasteiger partial charge is 0.343 e. The molecular formula is C15H19N3O2S. The number of hydrogen-bond acceptors (Lipinski definition) is 4. The standard InChI is InChI=1S/C15H19N3O2S/c19-14(16-11-17-8-3-4-9-17)7-10-18-15(20)12-5-1-2-6-13(12)21-18/h1-2,5-6H,3-4,7-11H2,(H,16,19). The van der Waals surface area contributed by atoms with E-state index in [4.69, 9.17) is 0 Å². The molecule has 1 fully saturated rings. The molecule has 1 saturated heterocycles. The molecule has 2 heterocycles. The predicted molar refractivity (Wildman–Crippen MR) is 84.5 cm³/mol. The lowest BCUT2D eigenvalue weighted by atomic mass is 10.3. The lowest BCUT2D eigenvalue weighted by Gasteiger charge is -2.15. The van der Waals surface area contributed by atoms with Crippen LogP contribution in [0.1, 0.15) is 19.3 Å². The SMILES string of the molecule is O=C(CCn1sc2ccccc2c1=O)NCN1CCCC1. The monoisotopic (exact) mass is 305 g/mol. The summed E-state index contributed by atoms with van der Waals surface area (Å²) in [5, 5.41) is 3.66. The zero-order valence-electron chi connectivity index (χ0n) is 11.9. The van der Waals surface area contributed by atoms with Crippen LogP contribution in [0.4, 0.5) is 0 Å². The number of fused-ring (bicyclic) bond motifs is 1. The number of carbonyl (C=O) groups excluding carboxylic acids is 1. The molecule has 0 saturated carbocycles. The summed E-state index contributed by atoms with van der Waals surface area (Å²) < 4.78 is 2.64. The minimum Gasteiger partial charge on any atom is -0.343 e. The molecule has 1 N–H and O–H groups in total. The zero-order chi connectivity index (χ0) is 14.7. The van der Waals surface area contributed by atoms with Gasteiger partial charge in [0.2, 0.25) is 5.91 Å². The lowest BCUT2D eigenvalue weighted by molar-refractivity contribution is -0.121. The molecular weight excluding hydrogens is 286 g/mol. The Morgan fingerprint density at radius 2 is 2.00 bits per heavy atom. The Morgan fingerprint density at radius 3 is 2.76 bits per heavy atom. The molecule has 0 spiro atoms. The Morgan fingerprint density at radius 1 is 1.24 bits per heavy atom. The quantitative estimate of drug-likeness (QED) is 0.913. The Bertz CT molecular complexity index is 686. The third-order valence-corrected chi connectivity index (χ3v) is 4.91. The molecule has 1 aliphatic heterocycles. The molecule has 0 atom stereocenters. The van der Waals surface area contributed by atoms with Gasteiger partial charge in [0, 0.05) is 13.0 Å². The lowest BCUT2D eigenvalue weighted by Crippen LogP contribution is -2.36. The van der Waals surface area contributed by atoms with Crippen molar-refractivity contribution >= 4 is 27.5 Å². The van der Waals surface area contributed by atoms with Gasteiger partial charge in [0.05, 0.1) is 16.8 Å². The van der Waals surface area contributed by atoms with E-state index in [0.717, 1.165) is 23.2 Å². The number of carbonyl (C=O) groups is 1. The van der Waals surface area contributed by atoms with Crippen molar-refractivity contribution in [2.45, 2.75) is 25.8 Å². The molecule has 0 bridgehead atoms. The Kier molecular flexibility index (Phi) is 4.36. The van der Waals surface area contributed by atoms with Crippen molar-refractivity contribution in [3.8, 4) is 0 Å². The van der Waals surface area contributed by atoms with Gasteiger partial charge in [-0.2, -0.15) is 0 Å². The van der Waals surface area contributed by atoms with E-state index >= 15 is 0 Å². The average Bonchev–Trinajstić information content (AvgIpc) is 3.12. The summed E-state index contributed by atoms with van der Waals surface area (Å²) in [5.74, 6) is 0.00579. The Labute approximate surface area is 127 Å². The number of aryl methyl sites for hydroxylation is 1. The van der Waals surface area contributed by atoms with Gasteiger partial charge in [-0.3, -0.25) is 18.4 Å². The van der Waals surface area contributed by atoms with Gasteiger partial charge in [0.15, 0.2) is 0 Å². The second-order valence-electron chi connectivity index (χ2n) is 5.33. The summed E-state index contributed by atoms with van der Waals surface area (Å²) >= 11 is 1.42. The maximum absolute atomic E-state index is 12.1. The van der Waals surface area contributed by atoms with Crippen LogP contribution in [0.3, 0.4) is 0 Å². The number of nitrogens with zero attached hydrogens (tertiary/aromatic N) is 2. The first-order chi connectivity index (χ1) is 10.2. The van der Waals surface area contributed by atoms with Crippen LogP contribution in [0.5, 0.6) is 0 Å². The van der Waals surface area contributed by atoms with E-state index in [1.54, 1.807) is 3.96 Å². The van der Waals surface area contributed by atoms with Gasteiger partial charge in [0.25, 0.3) is 5.56 Å². The normalized spacial score (nSPS) is 15.6. The summed E-state index contributed by atoms with van der Waals surface area (Å²) in [6.45, 7) is 3.20. The van der Waals surface area contributed by atoms with Crippen molar-refractivity contribution in [1.29, 1.82) is 0 Å². The first kappa shape index (κ1) is 14.3. The van der Waals surface area contributed by atoms with Crippen LogP contribution in [0.2, 0.25) is 0 Å². The topological polar surface area (TPSA) is 54.3 Å². The molecule has 6 heteroatoms. The smallest absolute Gasteiger partial charge is 0.268 e. The van der Waals surface area contributed by atoms with E-state index < -0.39 is 0 Å². The molecule has 112 valence electrons. The van der Waals surface area contributed by atoms with Crippen molar-refractivity contribution < 1.29 is 4.79 Å². The molecule has 0 radical (unpaired) electrons. The average molecular weight is 305 g/mol. The van der Waals surface area contributed by atoms with Crippen molar-refractivity contribution in [2.75, 3.05) is 19.8 Å². The van der Waals surface area contributed by atoms with Crippen molar-refractivity contribution in [1.82, 2.24) is 14.2 Å². The molecule has 1 aliphatic rings. The molecule has 0 unspecified atom stereocenters.